The highest BCUT2D eigenvalue weighted by molar-refractivity contribution is 5.50. The molecule has 1 aromatic heterocycles. The van der Waals surface area contributed by atoms with Crippen LogP contribution in [0.1, 0.15) is 6.92 Å². The molecule has 1 rings (SSSR count). The molecule has 1 aromatic rings. The number of hydrogen-bond acceptors (Lipinski definition) is 7. The first-order valence-electron chi connectivity index (χ1n) is 5.04. The number of nitrogens with two attached hydrogens (primary N) is 2. The molecule has 1 unspecified atom stereocenters. The predicted molar refractivity (Wildman–Crippen MR) is 65.9 cm³/mol. The maximum atomic E-state index is 5.53. The van der Waals surface area contributed by atoms with E-state index in [0.29, 0.717) is 17.7 Å². The lowest BCUT2D eigenvalue weighted by molar-refractivity contribution is 0.326. The molecule has 0 aliphatic carbocycles. The van der Waals surface area contributed by atoms with E-state index in [9.17, 15) is 0 Å². The van der Waals surface area contributed by atoms with Crippen LogP contribution in [0.5, 0.6) is 0 Å². The van der Waals surface area contributed by atoms with Crippen molar-refractivity contribution in [3.8, 4) is 0 Å². The normalized spacial score (nSPS) is 12.6. The molecule has 6 N–H and O–H groups in total. The monoisotopic (exact) mass is 225 g/mol. The Bertz CT molecular complexity index is 339. The summed E-state index contributed by atoms with van der Waals surface area (Å²) in [6.07, 6.45) is 0. The van der Waals surface area contributed by atoms with E-state index in [1.165, 1.54) is 0 Å². The molecule has 0 bridgehead atoms. The van der Waals surface area contributed by atoms with Crippen molar-refractivity contribution in [2.24, 2.45) is 5.84 Å². The van der Waals surface area contributed by atoms with Crippen molar-refractivity contribution >= 4 is 17.6 Å². The van der Waals surface area contributed by atoms with Gasteiger partial charge in [-0.25, -0.2) is 5.84 Å². The molecular weight excluding hydrogens is 206 g/mol. The highest BCUT2D eigenvalue weighted by Crippen LogP contribution is 2.11. The van der Waals surface area contributed by atoms with Gasteiger partial charge in [-0.1, -0.05) is 0 Å². The number of nitrogens with one attached hydrogen (secondary N) is 2. The second-order valence-electron chi connectivity index (χ2n) is 3.83. The summed E-state index contributed by atoms with van der Waals surface area (Å²) in [5, 5.41) is 3.17. The van der Waals surface area contributed by atoms with Crippen molar-refractivity contribution < 1.29 is 0 Å². The van der Waals surface area contributed by atoms with E-state index in [2.05, 4.69) is 32.5 Å². The van der Waals surface area contributed by atoms with E-state index in [-0.39, 0.29) is 5.95 Å². The Morgan fingerprint density at radius 1 is 1.38 bits per heavy atom. The summed E-state index contributed by atoms with van der Waals surface area (Å²) in [7, 11) is 4.04. The Morgan fingerprint density at radius 2 is 2.00 bits per heavy atom. The summed E-state index contributed by atoms with van der Waals surface area (Å²) in [6.45, 7) is 2.88. The zero-order chi connectivity index (χ0) is 12.1. The number of nitrogens with zero attached hydrogens (tertiary/aromatic N) is 3. The third kappa shape index (κ3) is 3.52. The van der Waals surface area contributed by atoms with Crippen LogP contribution in [0.15, 0.2) is 6.07 Å². The molecule has 1 atom stereocenters. The number of nitrogen functional groups attached to an aromatic ring is 2. The fourth-order valence-electron chi connectivity index (χ4n) is 1.07. The van der Waals surface area contributed by atoms with Crippen molar-refractivity contribution in [1.82, 2.24) is 14.9 Å². The van der Waals surface area contributed by atoms with Gasteiger partial charge >= 0.3 is 0 Å². The Balaban J connectivity index is 2.63. The standard InChI is InChI=1S/C9H19N7/c1-6(16(2)3)5-12-7-4-8(15-11)14-9(10)13-7/h4,6H,5,11H2,1-3H3,(H4,10,12,13,14,15). The van der Waals surface area contributed by atoms with Gasteiger partial charge in [-0.05, 0) is 21.0 Å². The highest BCUT2D eigenvalue weighted by Gasteiger charge is 2.05. The Labute approximate surface area is 95.2 Å². The molecule has 0 fully saturated rings. The minimum atomic E-state index is 0.190. The number of hydrazine groups is 1. The zero-order valence-electron chi connectivity index (χ0n) is 9.86. The molecule has 0 spiro atoms. The molecule has 7 heteroatoms. The summed E-state index contributed by atoms with van der Waals surface area (Å²) < 4.78 is 0. The summed E-state index contributed by atoms with van der Waals surface area (Å²) in [4.78, 5) is 10.1. The number of rotatable bonds is 5. The van der Waals surface area contributed by atoms with Gasteiger partial charge in [-0.2, -0.15) is 9.97 Å². The van der Waals surface area contributed by atoms with Gasteiger partial charge in [0.15, 0.2) is 0 Å². The molecule has 90 valence electrons. The summed E-state index contributed by atoms with van der Waals surface area (Å²) in [5.41, 5.74) is 7.97. The second kappa shape index (κ2) is 5.47. The van der Waals surface area contributed by atoms with Crippen LogP contribution < -0.4 is 22.3 Å². The Morgan fingerprint density at radius 3 is 2.56 bits per heavy atom. The van der Waals surface area contributed by atoms with Gasteiger partial charge < -0.3 is 21.4 Å². The zero-order valence-corrected chi connectivity index (χ0v) is 9.86. The Hall–Kier alpha value is -1.60. The number of hydrogen-bond donors (Lipinski definition) is 4. The lowest BCUT2D eigenvalue weighted by atomic mass is 10.3. The van der Waals surface area contributed by atoms with Gasteiger partial charge in [0.25, 0.3) is 0 Å². The molecule has 0 saturated carbocycles. The largest absolute Gasteiger partial charge is 0.368 e. The van der Waals surface area contributed by atoms with Crippen molar-refractivity contribution in [3.05, 3.63) is 6.07 Å². The molecule has 0 radical (unpaired) electrons. The van der Waals surface area contributed by atoms with Gasteiger partial charge in [0.2, 0.25) is 5.95 Å². The minimum Gasteiger partial charge on any atom is -0.368 e. The van der Waals surface area contributed by atoms with Gasteiger partial charge in [0.05, 0.1) is 0 Å². The van der Waals surface area contributed by atoms with Crippen molar-refractivity contribution in [1.29, 1.82) is 0 Å². The molecule has 16 heavy (non-hydrogen) atoms. The molecule has 0 saturated heterocycles. The van der Waals surface area contributed by atoms with Crippen LogP contribution in [-0.4, -0.2) is 41.5 Å². The van der Waals surface area contributed by atoms with E-state index in [0.717, 1.165) is 6.54 Å². The molecule has 0 aromatic carbocycles. The fraction of sp³-hybridized carbons (Fsp3) is 0.556. The lowest BCUT2D eigenvalue weighted by Gasteiger charge is -2.20. The molecule has 0 aliphatic rings. The quantitative estimate of drug-likeness (QED) is 0.403. The van der Waals surface area contributed by atoms with Crippen LogP contribution in [0.4, 0.5) is 17.6 Å². The average molecular weight is 225 g/mol. The second-order valence-corrected chi connectivity index (χ2v) is 3.83. The third-order valence-electron chi connectivity index (χ3n) is 2.35. The van der Waals surface area contributed by atoms with E-state index in [1.54, 1.807) is 6.07 Å². The van der Waals surface area contributed by atoms with Gasteiger partial charge in [-0.15, -0.1) is 0 Å². The van der Waals surface area contributed by atoms with Gasteiger partial charge in [0.1, 0.15) is 11.6 Å². The van der Waals surface area contributed by atoms with E-state index >= 15 is 0 Å². The first-order valence-corrected chi connectivity index (χ1v) is 5.04. The van der Waals surface area contributed by atoms with Crippen LogP contribution in [0.2, 0.25) is 0 Å². The fourth-order valence-corrected chi connectivity index (χ4v) is 1.07. The molecular formula is C9H19N7. The van der Waals surface area contributed by atoms with Crippen molar-refractivity contribution in [2.45, 2.75) is 13.0 Å². The van der Waals surface area contributed by atoms with E-state index < -0.39 is 0 Å². The van der Waals surface area contributed by atoms with Crippen LogP contribution >= 0.6 is 0 Å². The van der Waals surface area contributed by atoms with Crippen molar-refractivity contribution in [2.75, 3.05) is 37.1 Å². The molecule has 0 aliphatic heterocycles. The SMILES string of the molecule is CC(CNc1cc(NN)nc(N)n1)N(C)C. The van der Waals surface area contributed by atoms with Crippen LogP contribution in [0.25, 0.3) is 0 Å². The third-order valence-corrected chi connectivity index (χ3v) is 2.35. The Kier molecular flexibility index (Phi) is 4.27. The highest BCUT2D eigenvalue weighted by atomic mass is 15.3. The van der Waals surface area contributed by atoms with Crippen LogP contribution in [-0.2, 0) is 0 Å². The first-order chi connectivity index (χ1) is 7.52. The topological polar surface area (TPSA) is 105 Å². The number of likely N-dealkylation sites (N-methyl/N-ethyl adjacent to an activating group) is 1. The maximum Gasteiger partial charge on any atom is 0.223 e. The van der Waals surface area contributed by atoms with E-state index in [1.807, 2.05) is 14.1 Å². The summed E-state index contributed by atoms with van der Waals surface area (Å²) >= 11 is 0. The lowest BCUT2D eigenvalue weighted by Crippen LogP contribution is -2.31. The molecule has 0 amide bonds. The molecule has 1 heterocycles. The number of anilines is 3. The first kappa shape index (κ1) is 12.5. The van der Waals surface area contributed by atoms with Crippen LogP contribution in [0, 0.1) is 0 Å². The molecule has 7 nitrogen and oxygen atoms in total. The predicted octanol–water partition coefficient (Wildman–Crippen LogP) is -0.294. The minimum absolute atomic E-state index is 0.190. The summed E-state index contributed by atoms with van der Waals surface area (Å²) in [5.74, 6) is 6.60. The van der Waals surface area contributed by atoms with Crippen molar-refractivity contribution in [3.63, 3.8) is 0 Å². The van der Waals surface area contributed by atoms with Gasteiger partial charge in [0, 0.05) is 18.7 Å². The van der Waals surface area contributed by atoms with E-state index in [4.69, 9.17) is 11.6 Å². The summed E-state index contributed by atoms with van der Waals surface area (Å²) in [6, 6.07) is 2.10. The van der Waals surface area contributed by atoms with Crippen LogP contribution in [0.3, 0.4) is 0 Å². The number of aromatic nitrogens is 2. The average Bonchev–Trinajstić information content (AvgIpc) is 2.24. The maximum absolute atomic E-state index is 5.53. The smallest absolute Gasteiger partial charge is 0.223 e. The van der Waals surface area contributed by atoms with Gasteiger partial charge in [-0.3, -0.25) is 0 Å².